The molecule has 2 atom stereocenters. The molecule has 3 aromatic rings. The maximum absolute atomic E-state index is 14.1. The number of nitrogens with zero attached hydrogens (tertiary/aromatic N) is 3. The molecule has 1 N–H and O–H groups in total. The summed E-state index contributed by atoms with van der Waals surface area (Å²) in [5.41, 5.74) is 4.63. The lowest BCUT2D eigenvalue weighted by atomic mass is 9.86. The van der Waals surface area contributed by atoms with E-state index in [1.165, 1.54) is 5.56 Å². The van der Waals surface area contributed by atoms with Crippen LogP contribution in [-0.2, 0) is 34.6 Å². The number of likely N-dealkylation sites (N-methyl/N-ethyl adjacent to an activating group) is 2. The van der Waals surface area contributed by atoms with Crippen LogP contribution < -0.4 is 10.1 Å². The molecule has 0 saturated carbocycles. The Hall–Kier alpha value is -3.68. The molecule has 0 spiro atoms. The topological polar surface area (TPSA) is 65.1 Å². The van der Waals surface area contributed by atoms with Crippen LogP contribution in [0.25, 0.3) is 0 Å². The van der Waals surface area contributed by atoms with Gasteiger partial charge < -0.3 is 19.9 Å². The molecule has 1 fully saturated rings. The Bertz CT molecular complexity index is 1380. The summed E-state index contributed by atoms with van der Waals surface area (Å²) in [5, 5.41) is 3.22. The molecule has 0 aliphatic carbocycles. The van der Waals surface area contributed by atoms with E-state index in [0.717, 1.165) is 35.5 Å². The van der Waals surface area contributed by atoms with Crippen LogP contribution in [0, 0.1) is 5.92 Å². The first-order valence-electron chi connectivity index (χ1n) is 16.7. The number of rotatable bonds is 13. The molecule has 2 amide bonds. The number of hydrogen-bond acceptors (Lipinski definition) is 5. The van der Waals surface area contributed by atoms with Gasteiger partial charge in [-0.3, -0.25) is 14.5 Å². The number of benzene rings is 3. The minimum absolute atomic E-state index is 0.0189. The number of hydrogen-bond donors (Lipinski definition) is 1. The second-order valence-corrected chi connectivity index (χ2v) is 14.3. The summed E-state index contributed by atoms with van der Waals surface area (Å²) < 4.78 is 5.98. The van der Waals surface area contributed by atoms with Gasteiger partial charge in [0.05, 0.1) is 6.04 Å². The van der Waals surface area contributed by atoms with Crippen LogP contribution in [0.2, 0.25) is 0 Å². The number of amides is 2. The first-order valence-corrected chi connectivity index (χ1v) is 16.7. The lowest BCUT2D eigenvalue weighted by molar-refractivity contribution is -0.139. The van der Waals surface area contributed by atoms with E-state index in [1.54, 1.807) is 0 Å². The number of carbonyl (C=O) groups is 2. The molecule has 0 aromatic heterocycles. The molecular weight excluding hydrogens is 572 g/mol. The highest BCUT2D eigenvalue weighted by Gasteiger charge is 2.32. The Kier molecular flexibility index (Phi) is 12.4. The lowest BCUT2D eigenvalue weighted by Gasteiger charge is -2.36. The molecule has 46 heavy (non-hydrogen) atoms. The standard InChI is InChI=1S/C39H54N4O3/c1-29(2)25-36(42(7)27-31-13-17-33(18-14-31)39(3,4)5)37(44)40-35(38(45)43-23-21-41(6)22-24-43)26-30-15-19-34(20-16-30)46-28-32-11-9-8-10-12-32/h8-20,29,35-36H,21-28H2,1-7H3,(H,40,44)/t35-,36+/m0/s1. The zero-order chi connectivity index (χ0) is 33.3. The van der Waals surface area contributed by atoms with E-state index in [-0.39, 0.29) is 23.3 Å². The molecule has 0 radical (unpaired) electrons. The maximum Gasteiger partial charge on any atom is 0.245 e. The zero-order valence-corrected chi connectivity index (χ0v) is 29.0. The monoisotopic (exact) mass is 626 g/mol. The fourth-order valence-corrected chi connectivity index (χ4v) is 5.86. The van der Waals surface area contributed by atoms with Crippen LogP contribution >= 0.6 is 0 Å². The van der Waals surface area contributed by atoms with Crippen LogP contribution in [-0.4, -0.2) is 78.9 Å². The summed E-state index contributed by atoms with van der Waals surface area (Å²) in [6, 6.07) is 25.6. The molecule has 0 bridgehead atoms. The van der Waals surface area contributed by atoms with Crippen LogP contribution in [0.5, 0.6) is 5.75 Å². The molecule has 7 nitrogen and oxygen atoms in total. The Morgan fingerprint density at radius 1 is 0.848 bits per heavy atom. The van der Waals surface area contributed by atoms with Gasteiger partial charge >= 0.3 is 0 Å². The van der Waals surface area contributed by atoms with Crippen molar-refractivity contribution in [2.75, 3.05) is 40.3 Å². The van der Waals surface area contributed by atoms with Gasteiger partial charge in [-0.1, -0.05) is 101 Å². The molecule has 7 heteroatoms. The predicted molar refractivity (Wildman–Crippen MR) is 187 cm³/mol. The summed E-state index contributed by atoms with van der Waals surface area (Å²) >= 11 is 0. The van der Waals surface area contributed by atoms with Gasteiger partial charge in [-0.25, -0.2) is 0 Å². The highest BCUT2D eigenvalue weighted by atomic mass is 16.5. The third-order valence-corrected chi connectivity index (χ3v) is 8.82. The first kappa shape index (κ1) is 35.2. The Balaban J connectivity index is 1.48. The largest absolute Gasteiger partial charge is 0.489 e. The van der Waals surface area contributed by atoms with Crippen LogP contribution in [0.1, 0.15) is 63.3 Å². The van der Waals surface area contributed by atoms with E-state index in [9.17, 15) is 9.59 Å². The number of piperazine rings is 1. The van der Waals surface area contributed by atoms with Crippen LogP contribution in [0.15, 0.2) is 78.9 Å². The molecule has 1 aliphatic rings. The van der Waals surface area contributed by atoms with Crippen LogP contribution in [0.4, 0.5) is 0 Å². The third-order valence-electron chi connectivity index (χ3n) is 8.82. The van der Waals surface area contributed by atoms with Gasteiger partial charge in [0.1, 0.15) is 18.4 Å². The van der Waals surface area contributed by atoms with E-state index in [4.69, 9.17) is 4.74 Å². The molecular formula is C39H54N4O3. The zero-order valence-electron chi connectivity index (χ0n) is 29.0. The average Bonchev–Trinajstić information content (AvgIpc) is 3.03. The highest BCUT2D eigenvalue weighted by Crippen LogP contribution is 2.23. The fourth-order valence-electron chi connectivity index (χ4n) is 5.86. The van der Waals surface area contributed by atoms with E-state index in [2.05, 4.69) is 81.0 Å². The number of ether oxygens (including phenoxy) is 1. The van der Waals surface area contributed by atoms with Crippen LogP contribution in [0.3, 0.4) is 0 Å². The Morgan fingerprint density at radius 3 is 2.04 bits per heavy atom. The second-order valence-electron chi connectivity index (χ2n) is 14.3. The quantitative estimate of drug-likeness (QED) is 0.256. The number of carbonyl (C=O) groups excluding carboxylic acids is 2. The minimum atomic E-state index is -0.652. The van der Waals surface area contributed by atoms with Crippen molar-refractivity contribution in [1.82, 2.24) is 20.0 Å². The van der Waals surface area contributed by atoms with Crippen molar-refractivity contribution in [2.45, 2.75) is 78.1 Å². The fraction of sp³-hybridized carbons (Fsp3) is 0.487. The van der Waals surface area contributed by atoms with Gasteiger partial charge in [0, 0.05) is 39.1 Å². The lowest BCUT2D eigenvalue weighted by Crippen LogP contribution is -2.57. The number of nitrogens with one attached hydrogen (secondary N) is 1. The summed E-state index contributed by atoms with van der Waals surface area (Å²) in [6.07, 6.45) is 1.12. The Labute approximate surface area is 276 Å². The van der Waals surface area contributed by atoms with Crippen molar-refractivity contribution in [3.63, 3.8) is 0 Å². The minimum Gasteiger partial charge on any atom is -0.489 e. The molecule has 1 saturated heterocycles. The van der Waals surface area contributed by atoms with Crippen molar-refractivity contribution in [1.29, 1.82) is 0 Å². The predicted octanol–water partition coefficient (Wildman–Crippen LogP) is 5.91. The molecule has 1 heterocycles. The maximum atomic E-state index is 14.1. The average molecular weight is 627 g/mol. The molecule has 248 valence electrons. The summed E-state index contributed by atoms with van der Waals surface area (Å²) in [6.45, 7) is 15.0. The van der Waals surface area contributed by atoms with E-state index in [0.29, 0.717) is 45.0 Å². The highest BCUT2D eigenvalue weighted by molar-refractivity contribution is 5.90. The molecule has 4 rings (SSSR count). The molecule has 3 aromatic carbocycles. The van der Waals surface area contributed by atoms with E-state index >= 15 is 0 Å². The van der Waals surface area contributed by atoms with Gasteiger partial charge in [0.15, 0.2) is 0 Å². The molecule has 1 aliphatic heterocycles. The van der Waals surface area contributed by atoms with Gasteiger partial charge in [-0.05, 0) is 66.2 Å². The van der Waals surface area contributed by atoms with Gasteiger partial charge in [0.25, 0.3) is 0 Å². The summed E-state index contributed by atoms with van der Waals surface area (Å²) in [4.78, 5) is 34.3. The van der Waals surface area contributed by atoms with E-state index in [1.807, 2.05) is 66.5 Å². The van der Waals surface area contributed by atoms with Gasteiger partial charge in [-0.2, -0.15) is 0 Å². The third kappa shape index (κ3) is 10.4. The summed E-state index contributed by atoms with van der Waals surface area (Å²) in [7, 11) is 4.08. The van der Waals surface area contributed by atoms with Gasteiger partial charge in [0.2, 0.25) is 11.8 Å². The van der Waals surface area contributed by atoms with Crippen molar-refractivity contribution >= 4 is 11.8 Å². The van der Waals surface area contributed by atoms with Crippen molar-refractivity contribution < 1.29 is 14.3 Å². The van der Waals surface area contributed by atoms with Crippen molar-refractivity contribution in [3.8, 4) is 5.75 Å². The van der Waals surface area contributed by atoms with Crippen molar-refractivity contribution in [2.24, 2.45) is 5.92 Å². The SMILES string of the molecule is CC(C)C[C@H](C(=O)N[C@@H](Cc1ccc(OCc2ccccc2)cc1)C(=O)N1CCN(C)CC1)N(C)Cc1ccc(C(C)(C)C)cc1. The smallest absolute Gasteiger partial charge is 0.245 e. The van der Waals surface area contributed by atoms with Crippen molar-refractivity contribution in [3.05, 3.63) is 101 Å². The second kappa shape index (κ2) is 16.2. The molecule has 0 unspecified atom stereocenters. The first-order chi connectivity index (χ1) is 21.9. The van der Waals surface area contributed by atoms with E-state index < -0.39 is 6.04 Å². The normalized spacial score (nSPS) is 15.5. The Morgan fingerprint density at radius 2 is 1.46 bits per heavy atom. The summed E-state index contributed by atoms with van der Waals surface area (Å²) in [5.74, 6) is 0.969. The van der Waals surface area contributed by atoms with Gasteiger partial charge in [-0.15, -0.1) is 0 Å².